The molecular formula is C64H46N4. The number of hydrogen-bond acceptors (Lipinski definition) is 2. The molecule has 13 aromatic rings. The quantitative estimate of drug-likeness (QED) is 0.151. The first-order valence-electron chi connectivity index (χ1n) is 23.4. The molecule has 0 spiro atoms. The summed E-state index contributed by atoms with van der Waals surface area (Å²) in [6, 6.07) is 88.7. The summed E-state index contributed by atoms with van der Waals surface area (Å²) >= 11 is 0. The minimum absolute atomic E-state index is 1.12. The summed E-state index contributed by atoms with van der Waals surface area (Å²) < 4.78 is 4.92. The number of anilines is 4. The highest BCUT2D eigenvalue weighted by atomic mass is 15.1. The van der Waals surface area contributed by atoms with Gasteiger partial charge >= 0.3 is 0 Å². The molecule has 68 heavy (non-hydrogen) atoms. The number of benzene rings is 11. The lowest BCUT2D eigenvalue weighted by atomic mass is 9.91. The molecule has 0 saturated carbocycles. The topological polar surface area (TPSA) is 16.3 Å². The zero-order valence-electron chi connectivity index (χ0n) is 37.9. The molecule has 0 N–H and O–H groups in total. The zero-order valence-corrected chi connectivity index (χ0v) is 37.9. The number of para-hydroxylation sites is 3. The Labute approximate surface area is 395 Å². The van der Waals surface area contributed by atoms with Crippen molar-refractivity contribution in [2.75, 3.05) is 23.9 Å². The summed E-state index contributed by atoms with van der Waals surface area (Å²) in [4.78, 5) is 4.63. The van der Waals surface area contributed by atoms with Crippen molar-refractivity contribution >= 4 is 87.9 Å². The minimum atomic E-state index is 1.12. The normalized spacial score (nSPS) is 11.7. The van der Waals surface area contributed by atoms with Crippen LogP contribution in [0.4, 0.5) is 22.7 Å². The van der Waals surface area contributed by atoms with Gasteiger partial charge in [-0.25, -0.2) is 0 Å². The van der Waals surface area contributed by atoms with Crippen molar-refractivity contribution in [3.8, 4) is 33.6 Å². The number of nitrogens with zero attached hydrogens (tertiary/aromatic N) is 4. The second-order valence-electron chi connectivity index (χ2n) is 17.8. The van der Waals surface area contributed by atoms with Gasteiger partial charge in [0.2, 0.25) is 0 Å². The third-order valence-electron chi connectivity index (χ3n) is 14.1. The Kier molecular flexibility index (Phi) is 9.26. The predicted octanol–water partition coefficient (Wildman–Crippen LogP) is 17.1. The Morgan fingerprint density at radius 3 is 1.65 bits per heavy atom. The van der Waals surface area contributed by atoms with Crippen molar-refractivity contribution < 1.29 is 0 Å². The molecule has 4 nitrogen and oxygen atoms in total. The van der Waals surface area contributed by atoms with Gasteiger partial charge in [0.25, 0.3) is 0 Å². The van der Waals surface area contributed by atoms with Gasteiger partial charge in [-0.1, -0.05) is 152 Å². The molecule has 2 aromatic heterocycles. The number of fused-ring (bicyclic) bond motifs is 10. The molecule has 0 amide bonds. The predicted molar refractivity (Wildman–Crippen MR) is 290 cm³/mol. The lowest BCUT2D eigenvalue weighted by Crippen LogP contribution is -2.11. The maximum absolute atomic E-state index is 2.48. The molecule has 0 fully saturated rings. The molecule has 13 rings (SSSR count). The van der Waals surface area contributed by atoms with E-state index < -0.39 is 0 Å². The van der Waals surface area contributed by atoms with Crippen LogP contribution in [-0.4, -0.2) is 23.2 Å². The Hall–Kier alpha value is -8.86. The summed E-state index contributed by atoms with van der Waals surface area (Å²) in [6.07, 6.45) is 0. The van der Waals surface area contributed by atoms with Gasteiger partial charge in [-0.2, -0.15) is 0 Å². The van der Waals surface area contributed by atoms with E-state index in [4.69, 9.17) is 0 Å². The van der Waals surface area contributed by atoms with Crippen LogP contribution in [0.2, 0.25) is 0 Å². The molecule has 0 aliphatic carbocycles. The van der Waals surface area contributed by atoms with Gasteiger partial charge in [-0.3, -0.25) is 0 Å². The van der Waals surface area contributed by atoms with Crippen LogP contribution in [0.25, 0.3) is 98.8 Å². The molecule has 0 radical (unpaired) electrons. The number of rotatable bonds is 8. The van der Waals surface area contributed by atoms with Crippen molar-refractivity contribution in [1.82, 2.24) is 9.13 Å². The van der Waals surface area contributed by atoms with E-state index >= 15 is 0 Å². The minimum Gasteiger partial charge on any atom is -0.345 e. The van der Waals surface area contributed by atoms with E-state index in [2.05, 4.69) is 276 Å². The molecule has 0 unspecified atom stereocenters. The van der Waals surface area contributed by atoms with Gasteiger partial charge in [0, 0.05) is 86.1 Å². The van der Waals surface area contributed by atoms with Crippen LogP contribution in [0.5, 0.6) is 0 Å². The first-order valence-corrected chi connectivity index (χ1v) is 23.4. The van der Waals surface area contributed by atoms with E-state index in [0.29, 0.717) is 0 Å². The SMILES string of the molecule is CN(c1ccccc1)c1ccc(-n2c3ccccc3c3c(-c4cc(-c5ccccc5)ccc4N(C)c4ccc5c(c4)c4ccc6ccccc6c4n5-c4ccccc4)cc4ccccc4c32)cc1. The van der Waals surface area contributed by atoms with Crippen LogP contribution < -0.4 is 9.80 Å². The average Bonchev–Trinajstić information content (AvgIpc) is 3.95. The maximum atomic E-state index is 2.48. The molecule has 0 aliphatic rings. The highest BCUT2D eigenvalue weighted by Gasteiger charge is 2.24. The Morgan fingerprint density at radius 1 is 0.309 bits per heavy atom. The van der Waals surface area contributed by atoms with Crippen LogP contribution in [0.1, 0.15) is 0 Å². The molecule has 4 heteroatoms. The standard InChI is InChI=1S/C64H46N4/c1-65(47-22-8-4-9-23-47)48-32-34-50(35-33-48)68-60-29-17-16-28-55(60)62-58(41-46-21-13-15-27-53(46)64(62)68)56-40-45(43-18-6-3-7-19-43)31-38-59(56)66(2)51-36-39-61-57(42-51)54-37-30-44-20-12-14-26-52(44)63(54)67(61)49-24-10-5-11-25-49/h3-42H,1-2H3. The second-order valence-corrected chi connectivity index (χ2v) is 17.8. The summed E-state index contributed by atoms with van der Waals surface area (Å²) in [5.41, 5.74) is 16.3. The molecule has 2 heterocycles. The van der Waals surface area contributed by atoms with Gasteiger partial charge in [0.1, 0.15) is 0 Å². The van der Waals surface area contributed by atoms with Crippen LogP contribution >= 0.6 is 0 Å². The van der Waals surface area contributed by atoms with E-state index in [0.717, 1.165) is 34.1 Å². The first-order chi connectivity index (χ1) is 33.6. The van der Waals surface area contributed by atoms with E-state index in [1.165, 1.54) is 87.4 Å². The fourth-order valence-corrected chi connectivity index (χ4v) is 10.8. The molecule has 11 aromatic carbocycles. The third kappa shape index (κ3) is 6.29. The van der Waals surface area contributed by atoms with Gasteiger partial charge in [0.15, 0.2) is 0 Å². The largest absolute Gasteiger partial charge is 0.345 e. The lowest BCUT2D eigenvalue weighted by molar-refractivity contribution is 1.17. The van der Waals surface area contributed by atoms with Crippen LogP contribution in [-0.2, 0) is 0 Å². The first kappa shape index (κ1) is 39.5. The fraction of sp³-hybridized carbons (Fsp3) is 0.0312. The highest BCUT2D eigenvalue weighted by Crippen LogP contribution is 2.48. The van der Waals surface area contributed by atoms with E-state index in [-0.39, 0.29) is 0 Å². The fourth-order valence-electron chi connectivity index (χ4n) is 10.8. The molecule has 322 valence electrons. The highest BCUT2D eigenvalue weighted by molar-refractivity contribution is 6.25. The van der Waals surface area contributed by atoms with Crippen molar-refractivity contribution in [2.24, 2.45) is 0 Å². The summed E-state index contributed by atoms with van der Waals surface area (Å²) in [5, 5.41) is 9.80. The molecule has 0 saturated heterocycles. The Balaban J connectivity index is 1.04. The molecule has 0 aliphatic heterocycles. The van der Waals surface area contributed by atoms with Crippen LogP contribution in [0.3, 0.4) is 0 Å². The van der Waals surface area contributed by atoms with Gasteiger partial charge in [-0.05, 0) is 118 Å². The lowest BCUT2D eigenvalue weighted by Gasteiger charge is -2.25. The zero-order chi connectivity index (χ0) is 45.3. The number of hydrogen-bond donors (Lipinski definition) is 0. The molecule has 0 atom stereocenters. The Bertz CT molecular complexity index is 4040. The maximum Gasteiger partial charge on any atom is 0.0625 e. The summed E-state index contributed by atoms with van der Waals surface area (Å²) in [7, 11) is 4.36. The summed E-state index contributed by atoms with van der Waals surface area (Å²) in [6.45, 7) is 0. The second kappa shape index (κ2) is 15.9. The average molecular weight is 871 g/mol. The van der Waals surface area contributed by atoms with Crippen LogP contribution in [0.15, 0.2) is 243 Å². The van der Waals surface area contributed by atoms with Gasteiger partial charge in [-0.15, -0.1) is 0 Å². The van der Waals surface area contributed by atoms with Gasteiger partial charge in [0.05, 0.1) is 22.1 Å². The van der Waals surface area contributed by atoms with E-state index in [1.807, 2.05) is 0 Å². The van der Waals surface area contributed by atoms with Crippen LogP contribution in [0, 0.1) is 0 Å². The molecular weight excluding hydrogens is 825 g/mol. The monoisotopic (exact) mass is 870 g/mol. The van der Waals surface area contributed by atoms with E-state index in [1.54, 1.807) is 0 Å². The van der Waals surface area contributed by atoms with Crippen molar-refractivity contribution in [2.45, 2.75) is 0 Å². The molecule has 0 bridgehead atoms. The summed E-state index contributed by atoms with van der Waals surface area (Å²) in [5.74, 6) is 0. The van der Waals surface area contributed by atoms with Crippen molar-refractivity contribution in [3.05, 3.63) is 243 Å². The smallest absolute Gasteiger partial charge is 0.0625 e. The van der Waals surface area contributed by atoms with Gasteiger partial charge < -0.3 is 18.9 Å². The number of aromatic nitrogens is 2. The van der Waals surface area contributed by atoms with Crippen molar-refractivity contribution in [1.29, 1.82) is 0 Å². The third-order valence-corrected chi connectivity index (χ3v) is 14.1. The van der Waals surface area contributed by atoms with E-state index in [9.17, 15) is 0 Å². The Morgan fingerprint density at radius 2 is 0.882 bits per heavy atom. The van der Waals surface area contributed by atoms with Crippen molar-refractivity contribution in [3.63, 3.8) is 0 Å².